The Morgan fingerprint density at radius 2 is 2.29 bits per heavy atom. The molecule has 1 heterocycles. The smallest absolute Gasteiger partial charge is 0.251 e. The highest BCUT2D eigenvalue weighted by molar-refractivity contribution is 9.10. The zero-order valence-electron chi connectivity index (χ0n) is 7.03. The highest BCUT2D eigenvalue weighted by Gasteiger charge is 2.23. The van der Waals surface area contributed by atoms with E-state index in [0.717, 1.165) is 0 Å². The molecule has 0 unspecified atom stereocenters. The number of nitrogens with one attached hydrogen (secondary N) is 1. The van der Waals surface area contributed by atoms with E-state index >= 15 is 0 Å². The first kappa shape index (κ1) is 9.93. The van der Waals surface area contributed by atoms with E-state index in [2.05, 4.69) is 21.2 Å². The van der Waals surface area contributed by atoms with Crippen LogP contribution in [0.15, 0.2) is 10.5 Å². The largest absolute Gasteiger partial charge is 0.352 e. The number of hydrogen-bond acceptors (Lipinski definition) is 1. The van der Waals surface area contributed by atoms with Crippen LogP contribution in [0.3, 0.4) is 0 Å². The predicted molar refractivity (Wildman–Crippen MR) is 55.1 cm³/mol. The lowest BCUT2D eigenvalue weighted by molar-refractivity contribution is 0.0945. The molecule has 0 atom stereocenters. The molecule has 1 aromatic carbocycles. The Hall–Kier alpha value is -0.610. The molecule has 1 aliphatic heterocycles. The number of hydrogen-bond donors (Lipinski definition) is 1. The van der Waals surface area contributed by atoms with Crippen LogP contribution in [0.2, 0.25) is 5.02 Å². The van der Waals surface area contributed by atoms with Gasteiger partial charge in [-0.05, 0) is 28.4 Å². The Labute approximate surface area is 93.6 Å². The van der Waals surface area contributed by atoms with E-state index in [0.29, 0.717) is 24.1 Å². The number of benzene rings is 1. The Kier molecular flexibility index (Phi) is 2.49. The minimum absolute atomic E-state index is 0.221. The van der Waals surface area contributed by atoms with Crippen LogP contribution in [0.4, 0.5) is 4.39 Å². The van der Waals surface area contributed by atoms with Crippen molar-refractivity contribution < 1.29 is 9.18 Å². The molecule has 0 saturated heterocycles. The number of rotatable bonds is 0. The molecule has 0 radical (unpaired) electrons. The summed E-state index contributed by atoms with van der Waals surface area (Å²) in [5.74, 6) is -0.693. The third kappa shape index (κ3) is 1.42. The van der Waals surface area contributed by atoms with Gasteiger partial charge in [0.25, 0.3) is 5.91 Å². The molecule has 2 rings (SSSR count). The van der Waals surface area contributed by atoms with E-state index in [1.807, 2.05) is 0 Å². The number of carbonyl (C=O) groups excluding carboxylic acids is 1. The van der Waals surface area contributed by atoms with E-state index in [1.54, 1.807) is 0 Å². The molecular weight excluding hydrogens is 272 g/mol. The molecule has 0 fully saturated rings. The third-order valence-corrected chi connectivity index (χ3v) is 3.47. The molecule has 2 nitrogen and oxygen atoms in total. The van der Waals surface area contributed by atoms with E-state index in [4.69, 9.17) is 11.6 Å². The van der Waals surface area contributed by atoms with Crippen molar-refractivity contribution in [1.82, 2.24) is 5.32 Å². The summed E-state index contributed by atoms with van der Waals surface area (Å²) in [6.45, 7) is 0.469. The summed E-state index contributed by atoms with van der Waals surface area (Å²) in [4.78, 5) is 11.3. The fraction of sp³-hybridized carbons (Fsp3) is 0.222. The summed E-state index contributed by atoms with van der Waals surface area (Å²) < 4.78 is 13.8. The highest BCUT2D eigenvalue weighted by Crippen LogP contribution is 2.31. The first-order valence-electron chi connectivity index (χ1n) is 4.06. The lowest BCUT2D eigenvalue weighted by atomic mass is 10.00. The monoisotopic (exact) mass is 277 g/mol. The maximum atomic E-state index is 13.6. The second kappa shape index (κ2) is 3.51. The van der Waals surface area contributed by atoms with Crippen LogP contribution < -0.4 is 5.32 Å². The molecule has 1 aromatic rings. The van der Waals surface area contributed by atoms with Gasteiger partial charge in [0.15, 0.2) is 0 Å². The van der Waals surface area contributed by atoms with Gasteiger partial charge in [0.1, 0.15) is 5.82 Å². The summed E-state index contributed by atoms with van der Waals surface area (Å²) in [6, 6.07) is 1.48. The van der Waals surface area contributed by atoms with Crippen molar-refractivity contribution in [3.63, 3.8) is 0 Å². The Bertz CT molecular complexity index is 422. The molecule has 0 aliphatic carbocycles. The fourth-order valence-electron chi connectivity index (χ4n) is 1.48. The average molecular weight is 279 g/mol. The number of halogens is 3. The van der Waals surface area contributed by atoms with Gasteiger partial charge in [-0.25, -0.2) is 4.39 Å². The number of amides is 1. The fourth-order valence-corrected chi connectivity index (χ4v) is 2.02. The van der Waals surface area contributed by atoms with Gasteiger partial charge >= 0.3 is 0 Å². The number of carbonyl (C=O) groups is 1. The van der Waals surface area contributed by atoms with Crippen LogP contribution in [0, 0.1) is 5.82 Å². The Morgan fingerprint density at radius 3 is 3.00 bits per heavy atom. The van der Waals surface area contributed by atoms with Gasteiger partial charge < -0.3 is 5.32 Å². The van der Waals surface area contributed by atoms with Crippen LogP contribution in [-0.2, 0) is 6.42 Å². The SMILES string of the molecule is O=C1NCCc2c1cc(Cl)c(Br)c2F. The van der Waals surface area contributed by atoms with E-state index < -0.39 is 5.82 Å². The Morgan fingerprint density at radius 1 is 1.57 bits per heavy atom. The molecule has 74 valence electrons. The molecular formula is C9H6BrClFNO. The van der Waals surface area contributed by atoms with Gasteiger partial charge in [0.05, 0.1) is 9.50 Å². The molecule has 0 aromatic heterocycles. The molecule has 5 heteroatoms. The zero-order chi connectivity index (χ0) is 10.3. The highest BCUT2D eigenvalue weighted by atomic mass is 79.9. The van der Waals surface area contributed by atoms with Crippen molar-refractivity contribution in [2.75, 3.05) is 6.54 Å². The molecule has 1 amide bonds. The summed E-state index contributed by atoms with van der Waals surface area (Å²) in [7, 11) is 0. The van der Waals surface area contributed by atoms with Crippen LogP contribution in [0.25, 0.3) is 0 Å². The maximum absolute atomic E-state index is 13.6. The first-order chi connectivity index (χ1) is 6.61. The summed E-state index contributed by atoms with van der Waals surface area (Å²) in [5.41, 5.74) is 0.770. The van der Waals surface area contributed by atoms with Gasteiger partial charge in [0.2, 0.25) is 0 Å². The summed E-state index contributed by atoms with van der Waals surface area (Å²) in [5, 5.41) is 2.85. The van der Waals surface area contributed by atoms with Gasteiger partial charge in [-0.3, -0.25) is 4.79 Å². The van der Waals surface area contributed by atoms with Crippen LogP contribution in [-0.4, -0.2) is 12.5 Å². The first-order valence-corrected chi connectivity index (χ1v) is 5.23. The quantitative estimate of drug-likeness (QED) is 0.726. The minimum Gasteiger partial charge on any atom is -0.352 e. The van der Waals surface area contributed by atoms with Crippen LogP contribution in [0.5, 0.6) is 0 Å². The van der Waals surface area contributed by atoms with Gasteiger partial charge in [-0.1, -0.05) is 11.6 Å². The molecule has 1 aliphatic rings. The lowest BCUT2D eigenvalue weighted by Crippen LogP contribution is -2.32. The second-order valence-corrected chi connectivity index (χ2v) is 4.22. The third-order valence-electron chi connectivity index (χ3n) is 2.17. The van der Waals surface area contributed by atoms with E-state index in [-0.39, 0.29) is 15.4 Å². The van der Waals surface area contributed by atoms with Crippen molar-refractivity contribution in [3.05, 3.63) is 32.5 Å². The van der Waals surface area contributed by atoms with Crippen molar-refractivity contribution >= 4 is 33.4 Å². The van der Waals surface area contributed by atoms with Crippen molar-refractivity contribution in [3.8, 4) is 0 Å². The predicted octanol–water partition coefficient (Wildman–Crippen LogP) is 2.53. The molecule has 0 saturated carbocycles. The van der Waals surface area contributed by atoms with E-state index in [1.165, 1.54) is 6.07 Å². The van der Waals surface area contributed by atoms with E-state index in [9.17, 15) is 9.18 Å². The summed E-state index contributed by atoms with van der Waals surface area (Å²) >= 11 is 8.79. The van der Waals surface area contributed by atoms with Gasteiger partial charge in [0, 0.05) is 17.7 Å². The minimum atomic E-state index is -0.428. The molecule has 1 N–H and O–H groups in total. The van der Waals surface area contributed by atoms with Crippen molar-refractivity contribution in [2.24, 2.45) is 0 Å². The zero-order valence-corrected chi connectivity index (χ0v) is 9.38. The molecule has 0 bridgehead atoms. The van der Waals surface area contributed by atoms with Gasteiger partial charge in [-0.15, -0.1) is 0 Å². The van der Waals surface area contributed by atoms with Crippen LogP contribution >= 0.6 is 27.5 Å². The van der Waals surface area contributed by atoms with Crippen molar-refractivity contribution in [2.45, 2.75) is 6.42 Å². The standard InChI is InChI=1S/C9H6BrClFNO/c10-7-6(11)3-5-4(8(7)12)1-2-13-9(5)14/h3H,1-2H2,(H,13,14). The number of fused-ring (bicyclic) bond motifs is 1. The molecule has 14 heavy (non-hydrogen) atoms. The average Bonchev–Trinajstić information content (AvgIpc) is 2.17. The second-order valence-electron chi connectivity index (χ2n) is 3.02. The summed E-state index contributed by atoms with van der Waals surface area (Å²) in [6.07, 6.45) is 0.503. The lowest BCUT2D eigenvalue weighted by Gasteiger charge is -2.18. The topological polar surface area (TPSA) is 29.1 Å². The van der Waals surface area contributed by atoms with Gasteiger partial charge in [-0.2, -0.15) is 0 Å². The normalized spacial score (nSPS) is 14.9. The Balaban J connectivity index is 2.69. The van der Waals surface area contributed by atoms with Crippen molar-refractivity contribution in [1.29, 1.82) is 0 Å². The van der Waals surface area contributed by atoms with Crippen LogP contribution in [0.1, 0.15) is 15.9 Å². The maximum Gasteiger partial charge on any atom is 0.251 e. The molecule has 0 spiro atoms.